The fraction of sp³-hybridized carbons (Fsp3) is 0.417. The van der Waals surface area contributed by atoms with Crippen LogP contribution in [0.1, 0.15) is 18.9 Å². The smallest absolute Gasteiger partial charge is 0.319 e. The van der Waals surface area contributed by atoms with Crippen molar-refractivity contribution < 1.29 is 9.90 Å². The third kappa shape index (κ3) is 4.24. The molecule has 0 radical (unpaired) electrons. The van der Waals surface area contributed by atoms with Gasteiger partial charge in [-0.05, 0) is 37.1 Å². The summed E-state index contributed by atoms with van der Waals surface area (Å²) < 4.78 is 0. The summed E-state index contributed by atoms with van der Waals surface area (Å²) in [6.07, 6.45) is 0.684. The number of halogens is 1. The second-order valence-electron chi connectivity index (χ2n) is 3.85. The van der Waals surface area contributed by atoms with Crippen molar-refractivity contribution in [2.45, 2.75) is 26.3 Å². The van der Waals surface area contributed by atoms with Crippen LogP contribution in [0, 0.1) is 6.92 Å². The van der Waals surface area contributed by atoms with E-state index in [0.717, 1.165) is 5.56 Å². The van der Waals surface area contributed by atoms with E-state index in [2.05, 4.69) is 10.6 Å². The van der Waals surface area contributed by atoms with E-state index >= 15 is 0 Å². The molecule has 0 aliphatic heterocycles. The molecule has 5 heteroatoms. The first-order valence-corrected chi connectivity index (χ1v) is 5.89. The minimum absolute atomic E-state index is 0.0660. The summed E-state index contributed by atoms with van der Waals surface area (Å²) in [7, 11) is 0. The molecule has 4 nitrogen and oxygen atoms in total. The van der Waals surface area contributed by atoms with Gasteiger partial charge in [0.2, 0.25) is 0 Å². The minimum Gasteiger partial charge on any atom is -0.394 e. The maximum Gasteiger partial charge on any atom is 0.319 e. The summed E-state index contributed by atoms with van der Waals surface area (Å²) in [6.45, 7) is 3.70. The molecule has 94 valence electrons. The van der Waals surface area contributed by atoms with Gasteiger partial charge in [0.15, 0.2) is 0 Å². The number of benzene rings is 1. The normalized spacial score (nSPS) is 12.0. The molecule has 3 N–H and O–H groups in total. The van der Waals surface area contributed by atoms with Crippen LogP contribution in [0.15, 0.2) is 18.2 Å². The Morgan fingerprint density at radius 3 is 2.76 bits per heavy atom. The highest BCUT2D eigenvalue weighted by molar-refractivity contribution is 6.30. The number of aliphatic hydroxyl groups is 1. The van der Waals surface area contributed by atoms with E-state index in [9.17, 15) is 4.79 Å². The number of rotatable bonds is 4. The molecule has 1 aromatic carbocycles. The Bertz CT molecular complexity index is 392. The first-order valence-electron chi connectivity index (χ1n) is 5.51. The summed E-state index contributed by atoms with van der Waals surface area (Å²) in [6, 6.07) is 4.70. The molecule has 0 aromatic heterocycles. The Balaban J connectivity index is 2.62. The van der Waals surface area contributed by atoms with Gasteiger partial charge in [-0.25, -0.2) is 4.79 Å². The quantitative estimate of drug-likeness (QED) is 0.775. The predicted molar refractivity (Wildman–Crippen MR) is 69.5 cm³/mol. The molecule has 1 atom stereocenters. The Hall–Kier alpha value is -1.26. The number of aryl methyl sites for hydroxylation is 1. The summed E-state index contributed by atoms with van der Waals surface area (Å²) in [5, 5.41) is 15.0. The van der Waals surface area contributed by atoms with Crippen LogP contribution in [0.5, 0.6) is 0 Å². The van der Waals surface area contributed by atoms with Crippen LogP contribution in [0.25, 0.3) is 0 Å². The van der Waals surface area contributed by atoms with E-state index < -0.39 is 0 Å². The molecule has 17 heavy (non-hydrogen) atoms. The Labute approximate surface area is 106 Å². The zero-order valence-electron chi connectivity index (χ0n) is 9.96. The standard InChI is InChI=1S/C12H17ClN2O2/c1-3-10(7-16)14-12(17)15-11-5-4-9(13)6-8(11)2/h4-6,10,16H,3,7H2,1-2H3,(H2,14,15,17). The summed E-state index contributed by atoms with van der Waals surface area (Å²) >= 11 is 5.82. The highest BCUT2D eigenvalue weighted by Crippen LogP contribution is 2.19. The van der Waals surface area contributed by atoms with Gasteiger partial charge >= 0.3 is 6.03 Å². The number of carbonyl (C=O) groups is 1. The number of hydrogen-bond donors (Lipinski definition) is 3. The minimum atomic E-state index is -0.323. The van der Waals surface area contributed by atoms with Crippen molar-refractivity contribution in [3.63, 3.8) is 0 Å². The monoisotopic (exact) mass is 256 g/mol. The predicted octanol–water partition coefficient (Wildman–Crippen LogP) is 2.54. The lowest BCUT2D eigenvalue weighted by atomic mass is 10.2. The molecule has 0 heterocycles. The molecule has 0 fully saturated rings. The average Bonchev–Trinajstić information content (AvgIpc) is 2.29. The Morgan fingerprint density at radius 1 is 1.53 bits per heavy atom. The average molecular weight is 257 g/mol. The lowest BCUT2D eigenvalue weighted by molar-refractivity contribution is 0.222. The number of aliphatic hydroxyl groups excluding tert-OH is 1. The summed E-state index contributed by atoms with van der Waals surface area (Å²) in [4.78, 5) is 11.6. The van der Waals surface area contributed by atoms with Crippen LogP contribution in [0.3, 0.4) is 0 Å². The Kier molecular flexibility index (Phi) is 5.25. The fourth-order valence-corrected chi connectivity index (χ4v) is 1.61. The molecule has 0 saturated heterocycles. The van der Waals surface area contributed by atoms with Crippen molar-refractivity contribution in [3.05, 3.63) is 28.8 Å². The van der Waals surface area contributed by atoms with Gasteiger partial charge in [-0.2, -0.15) is 0 Å². The van der Waals surface area contributed by atoms with Crippen molar-refractivity contribution in [1.82, 2.24) is 5.32 Å². The fourth-order valence-electron chi connectivity index (χ4n) is 1.39. The van der Waals surface area contributed by atoms with Gasteiger partial charge in [-0.15, -0.1) is 0 Å². The number of nitrogens with one attached hydrogen (secondary N) is 2. The Morgan fingerprint density at radius 2 is 2.24 bits per heavy atom. The van der Waals surface area contributed by atoms with E-state index in [1.807, 2.05) is 13.8 Å². The van der Waals surface area contributed by atoms with E-state index in [4.69, 9.17) is 16.7 Å². The first-order chi connectivity index (χ1) is 8.06. The van der Waals surface area contributed by atoms with E-state index in [-0.39, 0.29) is 18.7 Å². The first kappa shape index (κ1) is 13.8. The van der Waals surface area contributed by atoms with E-state index in [1.54, 1.807) is 18.2 Å². The van der Waals surface area contributed by atoms with Crippen LogP contribution in [0.4, 0.5) is 10.5 Å². The number of carbonyl (C=O) groups excluding carboxylic acids is 1. The molecule has 2 amide bonds. The van der Waals surface area contributed by atoms with Gasteiger partial charge in [0.1, 0.15) is 0 Å². The highest BCUT2D eigenvalue weighted by atomic mass is 35.5. The molecule has 1 aromatic rings. The largest absolute Gasteiger partial charge is 0.394 e. The lowest BCUT2D eigenvalue weighted by Gasteiger charge is -2.15. The molecule has 1 unspecified atom stereocenters. The molecule has 1 rings (SSSR count). The molecule has 0 aliphatic rings. The molecule has 0 saturated carbocycles. The van der Waals surface area contributed by atoms with Gasteiger partial charge in [0, 0.05) is 10.7 Å². The van der Waals surface area contributed by atoms with Gasteiger partial charge in [-0.1, -0.05) is 18.5 Å². The topological polar surface area (TPSA) is 61.4 Å². The maximum absolute atomic E-state index is 11.6. The van der Waals surface area contributed by atoms with Gasteiger partial charge in [0.25, 0.3) is 0 Å². The van der Waals surface area contributed by atoms with Crippen LogP contribution >= 0.6 is 11.6 Å². The molecule has 0 spiro atoms. The molecular formula is C12H17ClN2O2. The zero-order valence-corrected chi connectivity index (χ0v) is 10.7. The third-order valence-corrected chi connectivity index (χ3v) is 2.72. The van der Waals surface area contributed by atoms with Crippen LogP contribution in [-0.2, 0) is 0 Å². The molecular weight excluding hydrogens is 240 g/mol. The molecule has 0 bridgehead atoms. The second-order valence-corrected chi connectivity index (χ2v) is 4.28. The third-order valence-electron chi connectivity index (χ3n) is 2.49. The van der Waals surface area contributed by atoms with Crippen molar-refractivity contribution in [2.75, 3.05) is 11.9 Å². The SMILES string of the molecule is CCC(CO)NC(=O)Nc1ccc(Cl)cc1C. The summed E-state index contributed by atoms with van der Waals surface area (Å²) in [5.74, 6) is 0. The number of urea groups is 1. The number of amides is 2. The van der Waals surface area contributed by atoms with Crippen LogP contribution in [0.2, 0.25) is 5.02 Å². The van der Waals surface area contributed by atoms with Gasteiger partial charge in [-0.3, -0.25) is 0 Å². The number of anilines is 1. The van der Waals surface area contributed by atoms with E-state index in [1.165, 1.54) is 0 Å². The van der Waals surface area contributed by atoms with Crippen molar-refractivity contribution >= 4 is 23.3 Å². The van der Waals surface area contributed by atoms with Crippen LogP contribution in [-0.4, -0.2) is 23.8 Å². The lowest BCUT2D eigenvalue weighted by Crippen LogP contribution is -2.39. The van der Waals surface area contributed by atoms with Crippen molar-refractivity contribution in [1.29, 1.82) is 0 Å². The van der Waals surface area contributed by atoms with Gasteiger partial charge in [0.05, 0.1) is 12.6 Å². The zero-order chi connectivity index (χ0) is 12.8. The van der Waals surface area contributed by atoms with E-state index in [0.29, 0.717) is 17.1 Å². The van der Waals surface area contributed by atoms with Gasteiger partial charge < -0.3 is 15.7 Å². The highest BCUT2D eigenvalue weighted by Gasteiger charge is 2.09. The number of hydrogen-bond acceptors (Lipinski definition) is 2. The summed E-state index contributed by atoms with van der Waals surface area (Å²) in [5.41, 5.74) is 1.60. The maximum atomic E-state index is 11.6. The van der Waals surface area contributed by atoms with Crippen molar-refractivity contribution in [2.24, 2.45) is 0 Å². The van der Waals surface area contributed by atoms with Crippen LogP contribution < -0.4 is 10.6 Å². The molecule has 0 aliphatic carbocycles. The second kappa shape index (κ2) is 6.47. The van der Waals surface area contributed by atoms with Crippen molar-refractivity contribution in [3.8, 4) is 0 Å².